The van der Waals surface area contributed by atoms with Crippen molar-refractivity contribution in [2.45, 2.75) is 19.0 Å². The zero-order valence-electron chi connectivity index (χ0n) is 18.8. The van der Waals surface area contributed by atoms with Gasteiger partial charge in [-0.15, -0.1) is 0 Å². The van der Waals surface area contributed by atoms with Gasteiger partial charge in [0.2, 0.25) is 5.78 Å². The average molecular weight is 536 g/mol. The number of halogens is 1. The predicted octanol–water partition coefficient (Wildman–Crippen LogP) is 5.07. The molecule has 1 unspecified atom stereocenters. The quantitative estimate of drug-likeness (QED) is 0.316. The number of hydrogen-bond donors (Lipinski definition) is 1. The van der Waals surface area contributed by atoms with Crippen LogP contribution in [0.4, 0.5) is 0 Å². The number of aryl methyl sites for hydroxylation is 1. The molecular weight excluding hydrogens is 514 g/mol. The maximum atomic E-state index is 13.7. The summed E-state index contributed by atoms with van der Waals surface area (Å²) in [5.41, 5.74) is 1.14. The summed E-state index contributed by atoms with van der Waals surface area (Å²) in [6.45, 7) is 0.983. The van der Waals surface area contributed by atoms with Crippen LogP contribution in [-0.4, -0.2) is 44.9 Å². The molecule has 2 aromatic carbocycles. The van der Waals surface area contributed by atoms with Gasteiger partial charge in [-0.05, 0) is 36.2 Å². The van der Waals surface area contributed by atoms with Crippen molar-refractivity contribution in [1.29, 1.82) is 0 Å². The van der Waals surface area contributed by atoms with E-state index in [1.807, 2.05) is 35.0 Å². The normalized spacial score (nSPS) is 15.9. The van der Waals surface area contributed by atoms with Gasteiger partial charge in [0.15, 0.2) is 22.9 Å². The van der Waals surface area contributed by atoms with Crippen LogP contribution >= 0.6 is 15.9 Å². The predicted molar refractivity (Wildman–Crippen MR) is 132 cm³/mol. The SMILES string of the molecule is COc1cccc2cc(C(=O)C3=C(O)C(=O)N(CCCn4ccnc4)C3c3ccc(Br)cc3)oc12. The van der Waals surface area contributed by atoms with Crippen LogP contribution in [-0.2, 0) is 11.3 Å². The molecule has 4 aromatic rings. The fraction of sp³-hybridized carbons (Fsp3) is 0.192. The van der Waals surface area contributed by atoms with Gasteiger partial charge in [0.1, 0.15) is 0 Å². The first-order chi connectivity index (χ1) is 17.0. The molecule has 35 heavy (non-hydrogen) atoms. The Morgan fingerprint density at radius 2 is 2.00 bits per heavy atom. The topological polar surface area (TPSA) is 97.8 Å². The molecule has 1 aliphatic heterocycles. The summed E-state index contributed by atoms with van der Waals surface area (Å²) >= 11 is 3.43. The molecule has 3 heterocycles. The Labute approximate surface area is 209 Å². The number of rotatable bonds is 8. The highest BCUT2D eigenvalue weighted by Crippen LogP contribution is 2.40. The lowest BCUT2D eigenvalue weighted by molar-refractivity contribution is -0.129. The maximum Gasteiger partial charge on any atom is 0.290 e. The van der Waals surface area contributed by atoms with E-state index in [1.165, 1.54) is 12.0 Å². The minimum atomic E-state index is -0.749. The molecule has 0 saturated carbocycles. The summed E-state index contributed by atoms with van der Waals surface area (Å²) in [5, 5.41) is 11.6. The molecule has 5 rings (SSSR count). The van der Waals surface area contributed by atoms with Gasteiger partial charge in [-0.3, -0.25) is 9.59 Å². The van der Waals surface area contributed by atoms with E-state index in [1.54, 1.807) is 36.8 Å². The third-order valence-corrected chi connectivity index (χ3v) is 6.59. The number of aromatic nitrogens is 2. The molecule has 1 atom stereocenters. The smallest absolute Gasteiger partial charge is 0.290 e. The number of ether oxygens (including phenoxy) is 1. The summed E-state index contributed by atoms with van der Waals surface area (Å²) in [6.07, 6.45) is 5.86. The number of nitrogens with zero attached hydrogens (tertiary/aromatic N) is 3. The van der Waals surface area contributed by atoms with Crippen LogP contribution < -0.4 is 4.74 Å². The van der Waals surface area contributed by atoms with Crippen LogP contribution in [0, 0.1) is 0 Å². The number of methoxy groups -OCH3 is 1. The van der Waals surface area contributed by atoms with Gasteiger partial charge in [-0.1, -0.05) is 40.2 Å². The minimum absolute atomic E-state index is 0.00187. The van der Waals surface area contributed by atoms with E-state index in [4.69, 9.17) is 9.15 Å². The molecule has 1 aliphatic rings. The van der Waals surface area contributed by atoms with E-state index < -0.39 is 23.5 Å². The van der Waals surface area contributed by atoms with Crippen LogP contribution in [0.5, 0.6) is 5.75 Å². The van der Waals surface area contributed by atoms with Crippen LogP contribution in [0.3, 0.4) is 0 Å². The molecule has 0 radical (unpaired) electrons. The van der Waals surface area contributed by atoms with E-state index in [0.29, 0.717) is 41.8 Å². The molecule has 1 amide bonds. The van der Waals surface area contributed by atoms with Crippen LogP contribution in [0.2, 0.25) is 0 Å². The van der Waals surface area contributed by atoms with Crippen molar-refractivity contribution in [2.75, 3.05) is 13.7 Å². The summed E-state index contributed by atoms with van der Waals surface area (Å²) in [5.74, 6) is -1.16. The monoisotopic (exact) mass is 535 g/mol. The Morgan fingerprint density at radius 1 is 1.20 bits per heavy atom. The molecule has 178 valence electrons. The highest BCUT2D eigenvalue weighted by molar-refractivity contribution is 9.10. The van der Waals surface area contributed by atoms with Gasteiger partial charge >= 0.3 is 0 Å². The number of aliphatic hydroxyl groups excluding tert-OH is 1. The standard InChI is InChI=1S/C26H22BrN3O5/c1-34-19-5-2-4-17-14-20(35-25(17)19)23(31)21-22(16-6-8-18(27)9-7-16)30(26(33)24(21)32)12-3-11-29-13-10-28-15-29/h2,4-10,13-15,22,32H,3,11-12H2,1H3. The number of carbonyl (C=O) groups is 2. The molecular formula is C26H22BrN3O5. The van der Waals surface area contributed by atoms with Crippen LogP contribution in [0.15, 0.2) is 87.5 Å². The second kappa shape index (κ2) is 9.42. The van der Waals surface area contributed by atoms with E-state index >= 15 is 0 Å². The second-order valence-electron chi connectivity index (χ2n) is 8.19. The molecule has 0 fully saturated rings. The minimum Gasteiger partial charge on any atom is -0.503 e. The van der Waals surface area contributed by atoms with Crippen molar-refractivity contribution in [2.24, 2.45) is 0 Å². The highest BCUT2D eigenvalue weighted by Gasteiger charge is 2.44. The lowest BCUT2D eigenvalue weighted by Crippen LogP contribution is -2.32. The number of hydrogen-bond acceptors (Lipinski definition) is 6. The zero-order valence-corrected chi connectivity index (χ0v) is 20.4. The van der Waals surface area contributed by atoms with Gasteiger partial charge < -0.3 is 23.7 Å². The average Bonchev–Trinajstić information content (AvgIpc) is 3.59. The first-order valence-corrected chi connectivity index (χ1v) is 11.8. The van der Waals surface area contributed by atoms with Crippen molar-refractivity contribution in [3.8, 4) is 5.75 Å². The molecule has 0 spiro atoms. The van der Waals surface area contributed by atoms with Crippen LogP contribution in [0.25, 0.3) is 11.0 Å². The van der Waals surface area contributed by atoms with Crippen molar-refractivity contribution in [3.05, 3.63) is 94.4 Å². The van der Waals surface area contributed by atoms with Crippen molar-refractivity contribution >= 4 is 38.6 Å². The number of aliphatic hydroxyl groups is 1. The zero-order chi connectivity index (χ0) is 24.5. The van der Waals surface area contributed by atoms with Gasteiger partial charge in [-0.25, -0.2) is 4.98 Å². The third-order valence-electron chi connectivity index (χ3n) is 6.06. The van der Waals surface area contributed by atoms with E-state index in [2.05, 4.69) is 20.9 Å². The first-order valence-electron chi connectivity index (χ1n) is 11.0. The van der Waals surface area contributed by atoms with Crippen molar-refractivity contribution in [3.63, 3.8) is 0 Å². The second-order valence-corrected chi connectivity index (χ2v) is 9.10. The van der Waals surface area contributed by atoms with Gasteiger partial charge in [0.25, 0.3) is 5.91 Å². The molecule has 1 N–H and O–H groups in total. The number of furan rings is 1. The lowest BCUT2D eigenvalue weighted by atomic mass is 9.95. The van der Waals surface area contributed by atoms with Gasteiger partial charge in [0.05, 0.1) is 25.1 Å². The van der Waals surface area contributed by atoms with Gasteiger partial charge in [0, 0.05) is 35.3 Å². The molecule has 8 nitrogen and oxygen atoms in total. The molecule has 9 heteroatoms. The molecule has 0 bridgehead atoms. The number of fused-ring (bicyclic) bond motifs is 1. The van der Waals surface area contributed by atoms with E-state index in [0.717, 1.165) is 4.47 Å². The molecule has 2 aromatic heterocycles. The fourth-order valence-corrected chi connectivity index (χ4v) is 4.66. The van der Waals surface area contributed by atoms with Crippen LogP contribution in [0.1, 0.15) is 28.6 Å². The number of para-hydroxylation sites is 1. The van der Waals surface area contributed by atoms with E-state index in [9.17, 15) is 14.7 Å². The molecule has 0 saturated heterocycles. The fourth-order valence-electron chi connectivity index (χ4n) is 4.39. The maximum absolute atomic E-state index is 13.7. The summed E-state index contributed by atoms with van der Waals surface area (Å²) in [6, 6.07) is 13.5. The number of carbonyl (C=O) groups excluding carboxylic acids is 2. The van der Waals surface area contributed by atoms with E-state index in [-0.39, 0.29) is 11.3 Å². The number of ketones is 1. The number of benzene rings is 2. The third kappa shape index (κ3) is 4.23. The summed E-state index contributed by atoms with van der Waals surface area (Å²) < 4.78 is 14.0. The first kappa shape index (κ1) is 22.9. The van der Waals surface area contributed by atoms with Gasteiger partial charge in [-0.2, -0.15) is 0 Å². The van der Waals surface area contributed by atoms with Crippen molar-refractivity contribution < 1.29 is 23.8 Å². The number of imidazole rings is 1. The lowest BCUT2D eigenvalue weighted by Gasteiger charge is -2.26. The Bertz CT molecular complexity index is 1420. The largest absolute Gasteiger partial charge is 0.503 e. The Hall–Kier alpha value is -3.85. The Morgan fingerprint density at radius 3 is 2.71 bits per heavy atom. The number of amides is 1. The Balaban J connectivity index is 1.51. The van der Waals surface area contributed by atoms with Crippen molar-refractivity contribution in [1.82, 2.24) is 14.5 Å². The summed E-state index contributed by atoms with van der Waals surface area (Å²) in [7, 11) is 1.52. The number of Topliss-reactive ketones (excluding diaryl/α,β-unsaturated/α-hetero) is 1. The highest BCUT2D eigenvalue weighted by atomic mass is 79.9. The molecule has 0 aliphatic carbocycles. The summed E-state index contributed by atoms with van der Waals surface area (Å²) in [4.78, 5) is 32.4. The Kier molecular flexibility index (Phi) is 6.17.